The molecule has 2 aliphatic rings. The van der Waals surface area contributed by atoms with Crippen molar-refractivity contribution in [3.8, 4) is 34.5 Å². The topological polar surface area (TPSA) is 134 Å². The molecular weight excluding hydrogens is 600 g/mol. The number of carboxylic acids is 2. The zero-order valence-corrected chi connectivity index (χ0v) is 29.5. The van der Waals surface area contributed by atoms with Crippen LogP contribution in [0.4, 0.5) is 0 Å². The Hall–Kier alpha value is -3.25. The predicted molar refractivity (Wildman–Crippen MR) is 165 cm³/mol. The van der Waals surface area contributed by atoms with E-state index in [4.69, 9.17) is 23.7 Å². The summed E-state index contributed by atoms with van der Waals surface area (Å²) in [5, 5.41) is 20.6. The first kappa shape index (κ1) is 34.6. The van der Waals surface area contributed by atoms with Crippen molar-refractivity contribution < 1.29 is 43.5 Å². The Morgan fingerprint density at radius 2 is 1.62 bits per heavy atom. The molecule has 0 spiro atoms. The molecule has 3 aromatic carbocycles. The second-order valence-corrected chi connectivity index (χ2v) is 10.3. The Labute approximate surface area is 304 Å². The molecule has 0 amide bonds. The fourth-order valence-corrected chi connectivity index (χ4v) is 5.88. The van der Waals surface area contributed by atoms with E-state index >= 15 is 0 Å². The summed E-state index contributed by atoms with van der Waals surface area (Å²) in [6, 6.07) is 17.6. The van der Waals surface area contributed by atoms with E-state index < -0.39 is 29.7 Å². The molecule has 0 saturated carbocycles. The second kappa shape index (κ2) is 14.9. The van der Waals surface area contributed by atoms with Gasteiger partial charge < -0.3 is 33.9 Å². The van der Waals surface area contributed by atoms with E-state index in [2.05, 4.69) is 4.98 Å². The van der Waals surface area contributed by atoms with E-state index in [0.29, 0.717) is 35.2 Å². The number of carboxylic acid groups (broad SMARTS) is 2. The molecule has 1 aromatic heterocycles. The van der Waals surface area contributed by atoms with Gasteiger partial charge in [0.2, 0.25) is 6.79 Å². The number of pyridine rings is 1. The van der Waals surface area contributed by atoms with Crippen LogP contribution in [0.2, 0.25) is 0 Å². The third kappa shape index (κ3) is 6.82. The second-order valence-electron chi connectivity index (χ2n) is 10.3. The number of aromatic nitrogens is 1. The van der Waals surface area contributed by atoms with Gasteiger partial charge in [0.05, 0.1) is 25.8 Å². The maximum Gasteiger partial charge on any atom is 0.339 e. The number of nitrogens with zero attached hydrogens (tertiary/aromatic N) is 1. The van der Waals surface area contributed by atoms with Crippen molar-refractivity contribution in [2.45, 2.75) is 25.2 Å². The minimum atomic E-state index is -1.18. The Bertz CT molecular complexity index is 1710. The maximum absolute atomic E-state index is 13.2. The van der Waals surface area contributed by atoms with Crippen LogP contribution in [-0.2, 0) is 4.79 Å². The normalized spacial score (nSPS) is 17.3. The largest absolute Gasteiger partial charge is 0.497 e. The molecule has 2 heterocycles. The van der Waals surface area contributed by atoms with Crippen molar-refractivity contribution in [1.29, 1.82) is 0 Å². The number of hydrogen-bond donors (Lipinski definition) is 2. The van der Waals surface area contributed by atoms with Gasteiger partial charge in [0.25, 0.3) is 0 Å². The third-order valence-corrected chi connectivity index (χ3v) is 7.75. The van der Waals surface area contributed by atoms with E-state index in [1.807, 2.05) is 37.3 Å². The van der Waals surface area contributed by atoms with E-state index in [9.17, 15) is 19.8 Å². The quantitative estimate of drug-likeness (QED) is 0.222. The smallest absolute Gasteiger partial charge is 0.339 e. The third-order valence-electron chi connectivity index (χ3n) is 7.75. The van der Waals surface area contributed by atoms with Crippen LogP contribution in [0, 0.1) is 5.92 Å². The van der Waals surface area contributed by atoms with E-state index in [-0.39, 0.29) is 83.0 Å². The molecule has 0 bridgehead atoms. The van der Waals surface area contributed by atoms with Crippen molar-refractivity contribution in [2.24, 2.45) is 5.92 Å². The fourth-order valence-electron chi connectivity index (χ4n) is 5.88. The summed E-state index contributed by atoms with van der Waals surface area (Å²) in [5.74, 6) is -1.88. The number of aromatic carboxylic acids is 1. The van der Waals surface area contributed by atoms with Gasteiger partial charge in [-0.3, -0.25) is 9.78 Å². The molecule has 2 N–H and O–H groups in total. The van der Waals surface area contributed by atoms with Crippen LogP contribution in [0.1, 0.15) is 57.8 Å². The number of carbonyl (C=O) groups is 2. The monoisotopic (exact) mass is 629 g/mol. The summed E-state index contributed by atoms with van der Waals surface area (Å²) in [5.41, 5.74) is 2.82. The molecule has 3 unspecified atom stereocenters. The van der Waals surface area contributed by atoms with E-state index in [1.54, 1.807) is 24.3 Å². The maximum atomic E-state index is 13.2. The Balaban J connectivity index is 0.00000230. The van der Waals surface area contributed by atoms with Gasteiger partial charge in [0.1, 0.15) is 22.8 Å². The molecule has 1 aliphatic heterocycles. The summed E-state index contributed by atoms with van der Waals surface area (Å²) < 4.78 is 28.7. The molecule has 6 rings (SSSR count). The van der Waals surface area contributed by atoms with Gasteiger partial charge in [0.15, 0.2) is 17.2 Å². The Kier molecular flexibility index (Phi) is 11.5. The first-order valence-corrected chi connectivity index (χ1v) is 13.8. The average Bonchev–Trinajstić information content (AvgIpc) is 3.62. The standard InChI is InChI=1S/C33H29NO9.2Na/c1-3-12-40-20-6-7-21-24(14-20)30(31(33(37)38)29(21)18-4-9-25-27(13-18)42-17-41-25)22-8-5-19(39-2)15-26(22)43-28-16-34-11-10-23(28)32(35)36;;/h4-11,13-16,29-31H,3,12,17H2,1-2H3,(H,35,36)(H,37,38);;. The molecule has 45 heavy (non-hydrogen) atoms. The van der Waals surface area contributed by atoms with E-state index in [1.165, 1.54) is 25.6 Å². The molecule has 4 aromatic rings. The van der Waals surface area contributed by atoms with Crippen LogP contribution in [0.15, 0.2) is 73.1 Å². The van der Waals surface area contributed by atoms with Crippen molar-refractivity contribution in [3.63, 3.8) is 0 Å². The van der Waals surface area contributed by atoms with Gasteiger partial charge in [-0.05, 0) is 59.5 Å². The number of methoxy groups -OCH3 is 1. The summed E-state index contributed by atoms with van der Waals surface area (Å²) in [6.45, 7) is 2.62. The zero-order chi connectivity index (χ0) is 30.1. The fraction of sp³-hybridized carbons (Fsp3) is 0.242. The predicted octanol–water partition coefficient (Wildman–Crippen LogP) is 5.31. The van der Waals surface area contributed by atoms with Crippen LogP contribution in [-0.4, -0.2) is 107 Å². The van der Waals surface area contributed by atoms with Crippen LogP contribution in [0.3, 0.4) is 0 Å². The summed E-state index contributed by atoms with van der Waals surface area (Å²) in [4.78, 5) is 29.2. The molecule has 0 saturated heterocycles. The number of aliphatic carboxylic acids is 1. The van der Waals surface area contributed by atoms with Gasteiger partial charge in [-0.15, -0.1) is 0 Å². The Morgan fingerprint density at radius 3 is 2.36 bits per heavy atom. The Morgan fingerprint density at radius 1 is 0.867 bits per heavy atom. The van der Waals surface area contributed by atoms with Gasteiger partial charge >= 0.3 is 11.9 Å². The van der Waals surface area contributed by atoms with Crippen LogP contribution < -0.4 is 23.7 Å². The van der Waals surface area contributed by atoms with Crippen LogP contribution >= 0.6 is 0 Å². The molecular formula is C33H29NNa2O9. The van der Waals surface area contributed by atoms with Crippen molar-refractivity contribution >= 4 is 71.1 Å². The summed E-state index contributed by atoms with van der Waals surface area (Å²) in [6.07, 6.45) is 3.49. The first-order valence-electron chi connectivity index (χ1n) is 13.8. The molecule has 10 nitrogen and oxygen atoms in total. The van der Waals surface area contributed by atoms with Crippen molar-refractivity contribution in [2.75, 3.05) is 20.5 Å². The molecule has 12 heteroatoms. The number of benzene rings is 3. The van der Waals surface area contributed by atoms with Crippen LogP contribution in [0.25, 0.3) is 0 Å². The minimum Gasteiger partial charge on any atom is -0.497 e. The number of rotatable bonds is 10. The van der Waals surface area contributed by atoms with Gasteiger partial charge in [-0.25, -0.2) is 4.79 Å². The van der Waals surface area contributed by atoms with Crippen LogP contribution in [0.5, 0.6) is 34.5 Å². The van der Waals surface area contributed by atoms with Gasteiger partial charge in [-0.2, -0.15) is 0 Å². The molecule has 2 radical (unpaired) electrons. The van der Waals surface area contributed by atoms with E-state index in [0.717, 1.165) is 23.1 Å². The molecule has 222 valence electrons. The molecule has 0 fully saturated rings. The van der Waals surface area contributed by atoms with Gasteiger partial charge in [0, 0.05) is 88.8 Å². The first-order chi connectivity index (χ1) is 20.9. The number of hydrogen-bond acceptors (Lipinski definition) is 8. The zero-order valence-electron chi connectivity index (χ0n) is 25.5. The molecule has 3 atom stereocenters. The number of fused-ring (bicyclic) bond motifs is 2. The minimum absolute atomic E-state index is 0. The SMILES string of the molecule is CCCOc1ccc2c(c1)C(c1ccc(OC)cc1Oc1cnccc1C(=O)O)C(C(=O)O)C2c1ccc2c(c1)OCO2.[Na].[Na]. The van der Waals surface area contributed by atoms with Crippen molar-refractivity contribution in [3.05, 3.63) is 101 Å². The molecule has 1 aliphatic carbocycles. The summed E-state index contributed by atoms with van der Waals surface area (Å²) >= 11 is 0. The van der Waals surface area contributed by atoms with Crippen molar-refractivity contribution in [1.82, 2.24) is 4.98 Å². The number of ether oxygens (including phenoxy) is 5. The average molecular weight is 630 g/mol. The van der Waals surface area contributed by atoms with Gasteiger partial charge in [-0.1, -0.05) is 25.1 Å². The summed E-state index contributed by atoms with van der Waals surface area (Å²) in [7, 11) is 1.50.